The third-order valence-electron chi connectivity index (χ3n) is 3.44. The molecule has 1 rings (SSSR count). The Balaban J connectivity index is 2.54. The van der Waals surface area contributed by atoms with Crippen LogP contribution in [0.3, 0.4) is 0 Å². The summed E-state index contributed by atoms with van der Waals surface area (Å²) in [5.74, 6) is -0.806. The maximum absolute atomic E-state index is 11.9. The molecule has 0 bridgehead atoms. The Labute approximate surface area is 102 Å². The molecular weight excluding hydrogens is 220 g/mol. The first-order valence-corrected chi connectivity index (χ1v) is 5.98. The van der Waals surface area contributed by atoms with Crippen LogP contribution in [0, 0.1) is 11.3 Å². The van der Waals surface area contributed by atoms with Gasteiger partial charge in [-0.1, -0.05) is 20.8 Å². The molecule has 1 fully saturated rings. The van der Waals surface area contributed by atoms with Crippen LogP contribution in [-0.4, -0.2) is 41.0 Å². The number of carboxylic acid groups (broad SMARTS) is 1. The van der Waals surface area contributed by atoms with Crippen LogP contribution in [0.2, 0.25) is 0 Å². The van der Waals surface area contributed by atoms with Crippen LogP contribution in [0.1, 0.15) is 33.6 Å². The number of carbonyl (C=O) groups excluding carboxylic acids is 1. The number of nitrogens with zero attached hydrogens (tertiary/aromatic N) is 1. The van der Waals surface area contributed by atoms with E-state index in [4.69, 9.17) is 10.8 Å². The van der Waals surface area contributed by atoms with Crippen molar-refractivity contribution in [1.29, 1.82) is 0 Å². The zero-order valence-corrected chi connectivity index (χ0v) is 10.8. The predicted octanol–water partition coefficient (Wildman–Crippen LogP) is 0.683. The highest BCUT2D eigenvalue weighted by Crippen LogP contribution is 2.33. The van der Waals surface area contributed by atoms with E-state index in [1.54, 1.807) is 4.90 Å². The van der Waals surface area contributed by atoms with Crippen LogP contribution in [0.4, 0.5) is 0 Å². The number of hydrogen-bond acceptors (Lipinski definition) is 3. The number of aliphatic carboxylic acids is 1. The van der Waals surface area contributed by atoms with Crippen molar-refractivity contribution in [3.63, 3.8) is 0 Å². The molecule has 0 aliphatic carbocycles. The average molecular weight is 242 g/mol. The van der Waals surface area contributed by atoms with Crippen molar-refractivity contribution in [1.82, 2.24) is 4.90 Å². The standard InChI is InChI=1S/C12H22N2O3/c1-12(2,3)8-4-5-14(7-8)11(17)9(13)6-10(15)16/h8-9H,4-7,13H2,1-3H3,(H,15,16). The first-order chi connectivity index (χ1) is 7.71. The summed E-state index contributed by atoms with van der Waals surface area (Å²) in [6.45, 7) is 7.85. The third kappa shape index (κ3) is 3.70. The smallest absolute Gasteiger partial charge is 0.305 e. The number of amides is 1. The third-order valence-corrected chi connectivity index (χ3v) is 3.44. The molecule has 0 radical (unpaired) electrons. The molecule has 17 heavy (non-hydrogen) atoms. The van der Waals surface area contributed by atoms with E-state index in [1.807, 2.05) is 0 Å². The number of hydrogen-bond donors (Lipinski definition) is 2. The van der Waals surface area contributed by atoms with Crippen LogP contribution in [0.15, 0.2) is 0 Å². The summed E-state index contributed by atoms with van der Waals surface area (Å²) >= 11 is 0. The second-order valence-electron chi connectivity index (χ2n) is 5.84. The molecule has 0 aromatic heterocycles. The molecule has 2 unspecified atom stereocenters. The van der Waals surface area contributed by atoms with Gasteiger partial charge in [0.2, 0.25) is 5.91 Å². The van der Waals surface area contributed by atoms with Crippen molar-refractivity contribution in [3.8, 4) is 0 Å². The van der Waals surface area contributed by atoms with Gasteiger partial charge in [-0.15, -0.1) is 0 Å². The van der Waals surface area contributed by atoms with Gasteiger partial charge in [0, 0.05) is 13.1 Å². The second-order valence-corrected chi connectivity index (χ2v) is 5.84. The summed E-state index contributed by atoms with van der Waals surface area (Å²) in [4.78, 5) is 24.1. The first-order valence-electron chi connectivity index (χ1n) is 5.98. The molecule has 1 aliphatic heterocycles. The molecule has 5 heteroatoms. The minimum absolute atomic E-state index is 0.173. The molecule has 1 aliphatic rings. The zero-order valence-electron chi connectivity index (χ0n) is 10.8. The Morgan fingerprint density at radius 1 is 1.47 bits per heavy atom. The Morgan fingerprint density at radius 3 is 2.47 bits per heavy atom. The maximum Gasteiger partial charge on any atom is 0.305 e. The Bertz CT molecular complexity index is 309. The highest BCUT2D eigenvalue weighted by Gasteiger charge is 2.35. The molecule has 1 heterocycles. The lowest BCUT2D eigenvalue weighted by molar-refractivity contribution is -0.141. The topological polar surface area (TPSA) is 83.6 Å². The van der Waals surface area contributed by atoms with E-state index in [-0.39, 0.29) is 17.7 Å². The van der Waals surface area contributed by atoms with Gasteiger partial charge in [-0.25, -0.2) is 0 Å². The number of likely N-dealkylation sites (tertiary alicyclic amines) is 1. The van der Waals surface area contributed by atoms with E-state index in [9.17, 15) is 9.59 Å². The van der Waals surface area contributed by atoms with Crippen molar-refractivity contribution >= 4 is 11.9 Å². The van der Waals surface area contributed by atoms with Crippen LogP contribution >= 0.6 is 0 Å². The van der Waals surface area contributed by atoms with Gasteiger partial charge in [0.25, 0.3) is 0 Å². The van der Waals surface area contributed by atoms with Gasteiger partial charge >= 0.3 is 5.97 Å². The van der Waals surface area contributed by atoms with Gasteiger partial charge in [0.15, 0.2) is 0 Å². The summed E-state index contributed by atoms with van der Waals surface area (Å²) in [7, 11) is 0. The highest BCUT2D eigenvalue weighted by molar-refractivity contribution is 5.86. The van der Waals surface area contributed by atoms with Crippen LogP contribution in [-0.2, 0) is 9.59 Å². The molecule has 3 N–H and O–H groups in total. The molecule has 0 aromatic rings. The van der Waals surface area contributed by atoms with E-state index in [0.29, 0.717) is 19.0 Å². The molecule has 0 spiro atoms. The minimum Gasteiger partial charge on any atom is -0.481 e. The number of rotatable bonds is 3. The monoisotopic (exact) mass is 242 g/mol. The summed E-state index contributed by atoms with van der Waals surface area (Å²) in [5.41, 5.74) is 5.75. The maximum atomic E-state index is 11.9. The van der Waals surface area contributed by atoms with Gasteiger partial charge in [-0.05, 0) is 17.8 Å². The molecule has 98 valence electrons. The zero-order chi connectivity index (χ0) is 13.2. The summed E-state index contributed by atoms with van der Waals surface area (Å²) in [6, 6.07) is -0.911. The van der Waals surface area contributed by atoms with Gasteiger partial charge in [-0.3, -0.25) is 9.59 Å². The van der Waals surface area contributed by atoms with Crippen LogP contribution in [0.25, 0.3) is 0 Å². The lowest BCUT2D eigenvalue weighted by Crippen LogP contribution is -2.44. The minimum atomic E-state index is -1.03. The predicted molar refractivity (Wildman–Crippen MR) is 64.4 cm³/mol. The van der Waals surface area contributed by atoms with Crippen molar-refractivity contribution in [3.05, 3.63) is 0 Å². The number of carboxylic acids is 1. The quantitative estimate of drug-likeness (QED) is 0.762. The van der Waals surface area contributed by atoms with E-state index >= 15 is 0 Å². The fourth-order valence-electron chi connectivity index (χ4n) is 2.18. The molecule has 0 aromatic carbocycles. The largest absolute Gasteiger partial charge is 0.481 e. The van der Waals surface area contributed by atoms with Crippen molar-refractivity contribution in [2.45, 2.75) is 39.7 Å². The molecule has 1 saturated heterocycles. The summed E-state index contributed by atoms with van der Waals surface area (Å²) < 4.78 is 0. The van der Waals surface area contributed by atoms with Crippen LogP contribution in [0.5, 0.6) is 0 Å². The van der Waals surface area contributed by atoms with E-state index in [0.717, 1.165) is 6.42 Å². The molecule has 1 amide bonds. The lowest BCUT2D eigenvalue weighted by atomic mass is 9.80. The average Bonchev–Trinajstić information content (AvgIpc) is 2.63. The molecule has 5 nitrogen and oxygen atoms in total. The SMILES string of the molecule is CC(C)(C)C1CCN(C(=O)C(N)CC(=O)O)C1. The Morgan fingerprint density at radius 2 is 2.06 bits per heavy atom. The highest BCUT2D eigenvalue weighted by atomic mass is 16.4. The van der Waals surface area contributed by atoms with Crippen LogP contribution < -0.4 is 5.73 Å². The van der Waals surface area contributed by atoms with Crippen molar-refractivity contribution in [2.75, 3.05) is 13.1 Å². The lowest BCUT2D eigenvalue weighted by Gasteiger charge is -2.27. The van der Waals surface area contributed by atoms with Crippen molar-refractivity contribution < 1.29 is 14.7 Å². The number of carbonyl (C=O) groups is 2. The van der Waals surface area contributed by atoms with E-state index in [1.165, 1.54) is 0 Å². The normalized spacial score (nSPS) is 22.6. The van der Waals surface area contributed by atoms with E-state index < -0.39 is 12.0 Å². The van der Waals surface area contributed by atoms with Gasteiger partial charge < -0.3 is 15.7 Å². The fraction of sp³-hybridized carbons (Fsp3) is 0.833. The Kier molecular flexibility index (Phi) is 4.14. The number of nitrogens with two attached hydrogens (primary N) is 1. The van der Waals surface area contributed by atoms with Gasteiger partial charge in [0.1, 0.15) is 0 Å². The first kappa shape index (κ1) is 14.0. The molecule has 0 saturated carbocycles. The van der Waals surface area contributed by atoms with Gasteiger partial charge in [-0.2, -0.15) is 0 Å². The Hall–Kier alpha value is -1.10. The van der Waals surface area contributed by atoms with Crippen molar-refractivity contribution in [2.24, 2.45) is 17.1 Å². The summed E-state index contributed by atoms with van der Waals surface area (Å²) in [6.07, 6.45) is 0.671. The van der Waals surface area contributed by atoms with E-state index in [2.05, 4.69) is 20.8 Å². The fourth-order valence-corrected chi connectivity index (χ4v) is 2.18. The van der Waals surface area contributed by atoms with Gasteiger partial charge in [0.05, 0.1) is 12.5 Å². The second kappa shape index (κ2) is 5.04. The summed E-state index contributed by atoms with van der Waals surface area (Å²) in [5, 5.41) is 8.61. The molecular formula is C12H22N2O3. The molecule has 2 atom stereocenters.